The molecule has 0 aliphatic carbocycles. The molecule has 0 spiro atoms. The van der Waals surface area contributed by atoms with Gasteiger partial charge in [-0.2, -0.15) is 4.72 Å². The van der Waals surface area contributed by atoms with Crippen molar-refractivity contribution in [2.45, 2.75) is 51.0 Å². The maximum Gasteiger partial charge on any atom is 0.242 e. The van der Waals surface area contributed by atoms with E-state index in [0.29, 0.717) is 23.4 Å². The summed E-state index contributed by atoms with van der Waals surface area (Å²) in [4.78, 5) is 0.223. The van der Waals surface area contributed by atoms with Gasteiger partial charge >= 0.3 is 0 Å². The average molecular weight is 314 g/mol. The van der Waals surface area contributed by atoms with E-state index in [4.69, 9.17) is 18.0 Å². The highest BCUT2D eigenvalue weighted by atomic mass is 35.5. The smallest absolute Gasteiger partial charge is 0.207 e. The highest BCUT2D eigenvalue weighted by Gasteiger charge is 2.31. The Bertz CT molecular complexity index is 641. The van der Waals surface area contributed by atoms with Crippen LogP contribution in [0, 0.1) is 26.2 Å². The van der Waals surface area contributed by atoms with Gasteiger partial charge in [-0.25, -0.2) is 8.42 Å². The number of halogens is 1. The third-order valence-corrected chi connectivity index (χ3v) is 5.64. The largest absolute Gasteiger partial charge is 0.242 e. The standard InChI is InChI=1S/C15H20ClNO2S/c1-6-15(7-2,8-3)17-20(18,19)14-10-11(4)13(16)9-12(14)5/h1,9-10,17H,7-8H2,2-5H3. The summed E-state index contributed by atoms with van der Waals surface area (Å²) in [6.07, 6.45) is 6.57. The molecule has 3 nitrogen and oxygen atoms in total. The fourth-order valence-electron chi connectivity index (χ4n) is 1.98. The molecule has 5 heteroatoms. The Morgan fingerprint density at radius 1 is 1.25 bits per heavy atom. The lowest BCUT2D eigenvalue weighted by molar-refractivity contribution is 0.451. The summed E-state index contributed by atoms with van der Waals surface area (Å²) in [6.45, 7) is 7.22. The van der Waals surface area contributed by atoms with Crippen LogP contribution in [0.2, 0.25) is 5.02 Å². The highest BCUT2D eigenvalue weighted by molar-refractivity contribution is 7.89. The van der Waals surface area contributed by atoms with E-state index in [9.17, 15) is 8.42 Å². The number of sulfonamides is 1. The summed E-state index contributed by atoms with van der Waals surface area (Å²) in [5.41, 5.74) is 0.474. The summed E-state index contributed by atoms with van der Waals surface area (Å²) in [7, 11) is -3.68. The predicted octanol–water partition coefficient (Wildman–Crippen LogP) is 3.43. The highest BCUT2D eigenvalue weighted by Crippen LogP contribution is 2.26. The number of hydrogen-bond donors (Lipinski definition) is 1. The molecule has 20 heavy (non-hydrogen) atoms. The van der Waals surface area contributed by atoms with Crippen LogP contribution < -0.4 is 4.72 Å². The van der Waals surface area contributed by atoms with E-state index in [0.717, 1.165) is 5.56 Å². The first kappa shape index (κ1) is 17.0. The molecule has 0 aliphatic heterocycles. The topological polar surface area (TPSA) is 46.2 Å². The van der Waals surface area contributed by atoms with Crippen molar-refractivity contribution in [3.63, 3.8) is 0 Å². The van der Waals surface area contributed by atoms with Gasteiger partial charge < -0.3 is 0 Å². The maximum atomic E-state index is 12.6. The molecule has 1 aromatic carbocycles. The van der Waals surface area contributed by atoms with E-state index in [1.807, 2.05) is 13.8 Å². The van der Waals surface area contributed by atoms with Crippen molar-refractivity contribution in [3.8, 4) is 12.3 Å². The fraction of sp³-hybridized carbons (Fsp3) is 0.467. The molecule has 0 bridgehead atoms. The Kier molecular flexibility index (Phi) is 5.26. The summed E-state index contributed by atoms with van der Waals surface area (Å²) in [5.74, 6) is 2.57. The van der Waals surface area contributed by atoms with Crippen LogP contribution in [0.15, 0.2) is 17.0 Å². The monoisotopic (exact) mass is 313 g/mol. The third-order valence-electron chi connectivity index (χ3n) is 3.56. The van der Waals surface area contributed by atoms with Crippen LogP contribution in [-0.2, 0) is 10.0 Å². The number of benzene rings is 1. The van der Waals surface area contributed by atoms with Crippen molar-refractivity contribution in [2.24, 2.45) is 0 Å². The van der Waals surface area contributed by atoms with Crippen LogP contribution in [0.25, 0.3) is 0 Å². The van der Waals surface area contributed by atoms with Crippen LogP contribution in [0.4, 0.5) is 0 Å². The van der Waals surface area contributed by atoms with Crippen LogP contribution >= 0.6 is 11.6 Å². The van der Waals surface area contributed by atoms with E-state index in [2.05, 4.69) is 10.6 Å². The minimum Gasteiger partial charge on any atom is -0.207 e. The third kappa shape index (κ3) is 3.35. The summed E-state index contributed by atoms with van der Waals surface area (Å²) in [5, 5.41) is 0.552. The molecular formula is C15H20ClNO2S. The SMILES string of the molecule is C#CC(CC)(CC)NS(=O)(=O)c1cc(C)c(Cl)cc1C. The Hall–Kier alpha value is -1.02. The molecule has 0 saturated carbocycles. The Morgan fingerprint density at radius 2 is 1.80 bits per heavy atom. The van der Waals surface area contributed by atoms with Crippen LogP contribution in [0.1, 0.15) is 37.8 Å². The summed E-state index contributed by atoms with van der Waals surface area (Å²) in [6, 6.07) is 3.23. The lowest BCUT2D eigenvalue weighted by Crippen LogP contribution is -2.46. The first-order chi connectivity index (χ1) is 9.21. The van der Waals surface area contributed by atoms with Crippen molar-refractivity contribution in [3.05, 3.63) is 28.3 Å². The molecular weight excluding hydrogens is 294 g/mol. The van der Waals surface area contributed by atoms with Gasteiger partial charge in [-0.15, -0.1) is 6.42 Å². The molecule has 0 saturated heterocycles. The summed E-state index contributed by atoms with van der Waals surface area (Å²) < 4.78 is 27.8. The summed E-state index contributed by atoms with van der Waals surface area (Å²) >= 11 is 6.00. The molecule has 1 rings (SSSR count). The lowest BCUT2D eigenvalue weighted by atomic mass is 9.96. The second-order valence-corrected chi connectivity index (χ2v) is 6.96. The van der Waals surface area contributed by atoms with Gasteiger partial charge in [0.15, 0.2) is 0 Å². The van der Waals surface area contributed by atoms with Crippen molar-refractivity contribution < 1.29 is 8.42 Å². The van der Waals surface area contributed by atoms with E-state index >= 15 is 0 Å². The minimum absolute atomic E-state index is 0.223. The molecule has 0 amide bonds. The van der Waals surface area contributed by atoms with Crippen molar-refractivity contribution >= 4 is 21.6 Å². The van der Waals surface area contributed by atoms with Gasteiger partial charge in [0.1, 0.15) is 0 Å². The Balaban J connectivity index is 3.32. The van der Waals surface area contributed by atoms with Gasteiger partial charge in [-0.05, 0) is 49.9 Å². The van der Waals surface area contributed by atoms with Gasteiger partial charge in [-0.3, -0.25) is 0 Å². The molecule has 0 unspecified atom stereocenters. The van der Waals surface area contributed by atoms with E-state index in [1.165, 1.54) is 0 Å². The molecule has 1 N–H and O–H groups in total. The second-order valence-electron chi connectivity index (χ2n) is 4.91. The zero-order chi connectivity index (χ0) is 15.6. The number of aryl methyl sites for hydroxylation is 2. The van der Waals surface area contributed by atoms with Crippen molar-refractivity contribution in [2.75, 3.05) is 0 Å². The lowest BCUT2D eigenvalue weighted by Gasteiger charge is -2.27. The Morgan fingerprint density at radius 3 is 2.25 bits per heavy atom. The van der Waals surface area contributed by atoms with Gasteiger partial charge in [-0.1, -0.05) is 31.4 Å². The molecule has 0 radical (unpaired) electrons. The first-order valence-electron chi connectivity index (χ1n) is 6.50. The zero-order valence-electron chi connectivity index (χ0n) is 12.2. The Labute approximate surface area is 126 Å². The molecule has 0 aliphatic rings. The number of terminal acetylenes is 1. The molecule has 0 atom stereocenters. The van der Waals surface area contributed by atoms with Gasteiger partial charge in [0, 0.05) is 5.02 Å². The second kappa shape index (κ2) is 6.17. The first-order valence-corrected chi connectivity index (χ1v) is 8.36. The zero-order valence-corrected chi connectivity index (χ0v) is 13.8. The molecule has 0 aromatic heterocycles. The minimum atomic E-state index is -3.68. The number of hydrogen-bond acceptors (Lipinski definition) is 2. The van der Waals surface area contributed by atoms with E-state index in [-0.39, 0.29) is 4.90 Å². The molecule has 110 valence electrons. The van der Waals surface area contributed by atoms with E-state index < -0.39 is 15.6 Å². The molecule has 0 fully saturated rings. The number of nitrogens with one attached hydrogen (secondary N) is 1. The van der Waals surface area contributed by atoms with Crippen molar-refractivity contribution in [1.29, 1.82) is 0 Å². The normalized spacial score (nSPS) is 12.2. The molecule has 1 aromatic rings. The maximum absolute atomic E-state index is 12.6. The van der Waals surface area contributed by atoms with Crippen LogP contribution in [-0.4, -0.2) is 14.0 Å². The van der Waals surface area contributed by atoms with Gasteiger partial charge in [0.05, 0.1) is 10.4 Å². The molecule has 0 heterocycles. The predicted molar refractivity (Wildman–Crippen MR) is 83.4 cm³/mol. The fourth-order valence-corrected chi connectivity index (χ4v) is 3.99. The quantitative estimate of drug-likeness (QED) is 0.847. The van der Waals surface area contributed by atoms with E-state index in [1.54, 1.807) is 26.0 Å². The van der Waals surface area contributed by atoms with Gasteiger partial charge in [0.2, 0.25) is 10.0 Å². The van der Waals surface area contributed by atoms with Gasteiger partial charge in [0.25, 0.3) is 0 Å². The van der Waals surface area contributed by atoms with Crippen LogP contribution in [0.3, 0.4) is 0 Å². The average Bonchev–Trinajstić information content (AvgIpc) is 2.40. The van der Waals surface area contributed by atoms with Crippen molar-refractivity contribution in [1.82, 2.24) is 4.72 Å². The van der Waals surface area contributed by atoms with Crippen LogP contribution in [0.5, 0.6) is 0 Å². The number of rotatable bonds is 5.